The molecule has 0 N–H and O–H groups in total. The van der Waals surface area contributed by atoms with Crippen molar-refractivity contribution in [2.45, 2.75) is 13.8 Å². The number of para-hydroxylation sites is 1. The number of carbonyl (C=O) groups excluding carboxylic acids is 1. The van der Waals surface area contributed by atoms with Gasteiger partial charge >= 0.3 is 0 Å². The number of carbonyl (C=O) groups is 1. The van der Waals surface area contributed by atoms with E-state index >= 15 is 0 Å². The number of benzene rings is 2. The Kier molecular flexibility index (Phi) is 3.48. The average Bonchev–Trinajstić information content (AvgIpc) is 2.46. The van der Waals surface area contributed by atoms with Gasteiger partial charge in [0.2, 0.25) is 0 Å². The van der Waals surface area contributed by atoms with Gasteiger partial charge in [-0.05, 0) is 43.1 Å². The van der Waals surface area contributed by atoms with Crippen molar-refractivity contribution in [1.29, 1.82) is 0 Å². The van der Waals surface area contributed by atoms with Gasteiger partial charge in [0.05, 0.1) is 11.2 Å². The van der Waals surface area contributed by atoms with Crippen LogP contribution in [0.1, 0.15) is 21.5 Å². The molecule has 3 aromatic rings. The Morgan fingerprint density at radius 2 is 1.81 bits per heavy atom. The Labute approximate surface area is 128 Å². The highest BCUT2D eigenvalue weighted by Crippen LogP contribution is 2.28. The fourth-order valence-corrected chi connectivity index (χ4v) is 2.73. The summed E-state index contributed by atoms with van der Waals surface area (Å²) in [5.74, 6) is 0. The summed E-state index contributed by atoms with van der Waals surface area (Å²) >= 11 is 5.74. The quantitative estimate of drug-likeness (QED) is 0.630. The van der Waals surface area contributed by atoms with Gasteiger partial charge in [0, 0.05) is 16.5 Å². The van der Waals surface area contributed by atoms with Crippen molar-refractivity contribution < 1.29 is 4.79 Å². The fourth-order valence-electron chi connectivity index (χ4n) is 2.58. The largest absolute Gasteiger partial charge is 0.276 e. The maximum Gasteiger partial charge on any atom is 0.253 e. The molecule has 0 atom stereocenters. The SMILES string of the molecule is Cc1ccc(-c2cc(C(=O)Cl)c3ccccc3n2)c(C)c1. The zero-order valence-corrected chi connectivity index (χ0v) is 12.6. The molecule has 0 amide bonds. The zero-order valence-electron chi connectivity index (χ0n) is 11.9. The van der Waals surface area contributed by atoms with Crippen molar-refractivity contribution in [3.63, 3.8) is 0 Å². The molecule has 0 radical (unpaired) electrons. The second kappa shape index (κ2) is 5.30. The molecule has 104 valence electrons. The Balaban J connectivity index is 2.31. The number of rotatable bonds is 2. The summed E-state index contributed by atoms with van der Waals surface area (Å²) in [5.41, 5.74) is 5.40. The van der Waals surface area contributed by atoms with Crippen LogP contribution in [0.2, 0.25) is 0 Å². The van der Waals surface area contributed by atoms with Crippen molar-refractivity contribution in [3.8, 4) is 11.3 Å². The Hall–Kier alpha value is -2.19. The van der Waals surface area contributed by atoms with Gasteiger partial charge < -0.3 is 0 Å². The fraction of sp³-hybridized carbons (Fsp3) is 0.111. The van der Waals surface area contributed by atoms with Gasteiger partial charge in [-0.2, -0.15) is 0 Å². The second-order valence-electron chi connectivity index (χ2n) is 5.16. The number of aryl methyl sites for hydroxylation is 2. The number of halogens is 1. The predicted octanol–water partition coefficient (Wildman–Crippen LogP) is 4.90. The predicted molar refractivity (Wildman–Crippen MR) is 86.8 cm³/mol. The summed E-state index contributed by atoms with van der Waals surface area (Å²) in [5, 5.41) is 0.325. The first-order chi connectivity index (χ1) is 10.1. The summed E-state index contributed by atoms with van der Waals surface area (Å²) in [7, 11) is 0. The highest BCUT2D eigenvalue weighted by atomic mass is 35.5. The first-order valence-electron chi connectivity index (χ1n) is 6.73. The normalized spacial score (nSPS) is 10.8. The van der Waals surface area contributed by atoms with Crippen LogP contribution in [0.3, 0.4) is 0 Å². The number of hydrogen-bond donors (Lipinski definition) is 0. The van der Waals surface area contributed by atoms with E-state index in [1.165, 1.54) is 5.56 Å². The van der Waals surface area contributed by atoms with Crippen LogP contribution in [-0.2, 0) is 0 Å². The van der Waals surface area contributed by atoms with Crippen LogP contribution in [0, 0.1) is 13.8 Å². The summed E-state index contributed by atoms with van der Waals surface area (Å²) in [4.78, 5) is 16.4. The molecule has 0 bridgehead atoms. The van der Waals surface area contributed by atoms with Crippen LogP contribution in [0.5, 0.6) is 0 Å². The minimum absolute atomic E-state index is 0.459. The molecule has 0 saturated carbocycles. The zero-order chi connectivity index (χ0) is 15.0. The number of aromatic nitrogens is 1. The van der Waals surface area contributed by atoms with Gasteiger partial charge in [0.1, 0.15) is 0 Å². The van der Waals surface area contributed by atoms with Crippen molar-refractivity contribution in [2.24, 2.45) is 0 Å². The van der Waals surface area contributed by atoms with Crippen molar-refractivity contribution in [3.05, 3.63) is 65.2 Å². The second-order valence-corrected chi connectivity index (χ2v) is 5.51. The monoisotopic (exact) mass is 295 g/mol. The lowest BCUT2D eigenvalue weighted by molar-refractivity contribution is 0.108. The number of pyridine rings is 1. The summed E-state index contributed by atoms with van der Waals surface area (Å²) in [6.07, 6.45) is 0. The molecule has 0 aliphatic carbocycles. The third-order valence-corrected chi connectivity index (χ3v) is 3.79. The highest BCUT2D eigenvalue weighted by molar-refractivity contribution is 6.68. The van der Waals surface area contributed by atoms with E-state index in [9.17, 15) is 4.79 Å². The minimum atomic E-state index is -0.459. The maximum absolute atomic E-state index is 11.7. The molecule has 2 aromatic carbocycles. The van der Waals surface area contributed by atoms with Crippen LogP contribution in [0.4, 0.5) is 0 Å². The van der Waals surface area contributed by atoms with E-state index in [-0.39, 0.29) is 0 Å². The molecule has 0 unspecified atom stereocenters. The molecule has 3 rings (SSSR count). The van der Waals surface area contributed by atoms with E-state index < -0.39 is 5.24 Å². The number of fused-ring (bicyclic) bond motifs is 1. The molecule has 1 heterocycles. The highest BCUT2D eigenvalue weighted by Gasteiger charge is 2.13. The van der Waals surface area contributed by atoms with Crippen molar-refractivity contribution in [2.75, 3.05) is 0 Å². The van der Waals surface area contributed by atoms with Crippen molar-refractivity contribution in [1.82, 2.24) is 4.98 Å². The maximum atomic E-state index is 11.7. The first-order valence-corrected chi connectivity index (χ1v) is 7.11. The third kappa shape index (κ3) is 2.55. The van der Waals surface area contributed by atoms with Crippen molar-refractivity contribution >= 4 is 27.7 Å². The molecule has 0 saturated heterocycles. The molecule has 1 aromatic heterocycles. The van der Waals surface area contributed by atoms with Crippen LogP contribution in [0.25, 0.3) is 22.2 Å². The van der Waals surface area contributed by atoms with E-state index in [2.05, 4.69) is 18.0 Å². The lowest BCUT2D eigenvalue weighted by Crippen LogP contribution is -1.96. The minimum Gasteiger partial charge on any atom is -0.276 e. The van der Waals surface area contributed by atoms with Gasteiger partial charge in [0.15, 0.2) is 0 Å². The van der Waals surface area contributed by atoms with Crippen LogP contribution < -0.4 is 0 Å². The summed E-state index contributed by atoms with van der Waals surface area (Å²) in [6.45, 7) is 4.10. The van der Waals surface area contributed by atoms with Crippen LogP contribution in [-0.4, -0.2) is 10.2 Å². The number of nitrogens with zero attached hydrogens (tertiary/aromatic N) is 1. The molecule has 0 spiro atoms. The first kappa shape index (κ1) is 13.8. The Bertz CT molecular complexity index is 855. The van der Waals surface area contributed by atoms with Gasteiger partial charge in [-0.25, -0.2) is 4.98 Å². The van der Waals surface area contributed by atoms with E-state index in [0.29, 0.717) is 5.56 Å². The van der Waals surface area contributed by atoms with Crippen LogP contribution >= 0.6 is 11.6 Å². The third-order valence-electron chi connectivity index (χ3n) is 3.59. The molecule has 3 heteroatoms. The average molecular weight is 296 g/mol. The molecular weight excluding hydrogens is 282 g/mol. The Morgan fingerprint density at radius 3 is 2.52 bits per heavy atom. The van der Waals surface area contributed by atoms with Gasteiger partial charge in [-0.3, -0.25) is 4.79 Å². The summed E-state index contributed by atoms with van der Waals surface area (Å²) in [6, 6.07) is 15.5. The molecular formula is C18H14ClNO. The Morgan fingerprint density at radius 1 is 1.05 bits per heavy atom. The molecule has 21 heavy (non-hydrogen) atoms. The molecule has 0 aliphatic heterocycles. The summed E-state index contributed by atoms with van der Waals surface area (Å²) < 4.78 is 0. The molecule has 0 fully saturated rings. The lowest BCUT2D eigenvalue weighted by Gasteiger charge is -2.10. The molecule has 2 nitrogen and oxygen atoms in total. The van der Waals surface area contributed by atoms with E-state index in [1.807, 2.05) is 43.3 Å². The van der Waals surface area contributed by atoms with Gasteiger partial charge in [-0.1, -0.05) is 42.0 Å². The van der Waals surface area contributed by atoms with E-state index in [4.69, 9.17) is 11.6 Å². The topological polar surface area (TPSA) is 30.0 Å². The standard InChI is InChI=1S/C18H14ClNO/c1-11-7-8-13(12(2)9-11)17-10-15(18(19)21)14-5-3-4-6-16(14)20-17/h3-10H,1-2H3. The van der Waals surface area contributed by atoms with Gasteiger partial charge in [-0.15, -0.1) is 0 Å². The molecule has 0 aliphatic rings. The smallest absolute Gasteiger partial charge is 0.253 e. The lowest BCUT2D eigenvalue weighted by atomic mass is 10.00. The van der Waals surface area contributed by atoms with Crippen LogP contribution in [0.15, 0.2) is 48.5 Å². The van der Waals surface area contributed by atoms with E-state index in [0.717, 1.165) is 27.7 Å². The number of hydrogen-bond acceptors (Lipinski definition) is 2. The van der Waals surface area contributed by atoms with Gasteiger partial charge in [0.25, 0.3) is 5.24 Å². The van der Waals surface area contributed by atoms with E-state index in [1.54, 1.807) is 6.07 Å².